The number of imide groups is 1. The summed E-state index contributed by atoms with van der Waals surface area (Å²) in [5.74, 6) is 1.34. The first kappa shape index (κ1) is 20.1. The first-order valence-corrected chi connectivity index (χ1v) is 11.9. The molecule has 5 aliphatic rings. The highest BCUT2D eigenvalue weighted by Crippen LogP contribution is 2.61. The third-order valence-corrected chi connectivity index (χ3v) is 8.35. The molecule has 0 spiro atoms. The Labute approximate surface area is 187 Å². The minimum Gasteiger partial charge on any atom is -0.392 e. The number of rotatable bonds is 6. The predicted octanol–water partition coefficient (Wildman–Crippen LogP) is 1.02. The molecule has 0 aromatic carbocycles. The van der Waals surface area contributed by atoms with Crippen LogP contribution in [0.3, 0.4) is 0 Å². The molecule has 6 unspecified atom stereocenters. The van der Waals surface area contributed by atoms with Crippen LogP contribution in [0.15, 0.2) is 23.7 Å². The van der Waals surface area contributed by atoms with E-state index in [1.54, 1.807) is 17.3 Å². The first-order valence-electron chi connectivity index (χ1n) is 11.9. The van der Waals surface area contributed by atoms with Gasteiger partial charge in [0.15, 0.2) is 0 Å². The van der Waals surface area contributed by atoms with Crippen LogP contribution in [-0.2, 0) is 14.4 Å². The van der Waals surface area contributed by atoms with Crippen LogP contribution in [0.5, 0.6) is 0 Å². The Kier molecular flexibility index (Phi) is 4.89. The number of hydrogen-bond donors (Lipinski definition) is 0. The number of amides is 2. The van der Waals surface area contributed by atoms with Gasteiger partial charge in [0.2, 0.25) is 11.8 Å². The van der Waals surface area contributed by atoms with E-state index in [1.807, 2.05) is 13.1 Å². The number of carbonyl (C=O) groups is 2. The molecular formula is C23H30N6O3. The van der Waals surface area contributed by atoms with Gasteiger partial charge in [0.1, 0.15) is 11.9 Å². The largest absolute Gasteiger partial charge is 0.392 e. The van der Waals surface area contributed by atoms with E-state index in [1.165, 1.54) is 0 Å². The molecule has 6 atom stereocenters. The number of hydrogen-bond acceptors (Lipinski definition) is 8. The van der Waals surface area contributed by atoms with Crippen molar-refractivity contribution in [3.63, 3.8) is 0 Å². The van der Waals surface area contributed by atoms with Gasteiger partial charge in [0, 0.05) is 57.0 Å². The lowest BCUT2D eigenvalue weighted by Gasteiger charge is -2.35. The molecule has 1 aromatic rings. The number of likely N-dealkylation sites (tertiary alicyclic amines) is 1. The monoisotopic (exact) mass is 438 g/mol. The molecule has 2 amide bonds. The fraction of sp³-hybridized carbons (Fsp3) is 0.696. The Balaban J connectivity index is 0.982. The van der Waals surface area contributed by atoms with Crippen LogP contribution in [0.2, 0.25) is 0 Å². The third-order valence-electron chi connectivity index (χ3n) is 8.35. The Morgan fingerprint density at radius 2 is 1.72 bits per heavy atom. The van der Waals surface area contributed by atoms with Gasteiger partial charge in [-0.3, -0.25) is 24.4 Å². The summed E-state index contributed by atoms with van der Waals surface area (Å²) in [4.78, 5) is 46.7. The lowest BCUT2D eigenvalue weighted by Crippen LogP contribution is -2.47. The van der Waals surface area contributed by atoms with Crippen molar-refractivity contribution in [1.82, 2.24) is 19.8 Å². The zero-order valence-electron chi connectivity index (χ0n) is 18.5. The number of nitrogens with zero attached hydrogens (tertiary/aromatic N) is 6. The average Bonchev–Trinajstić information content (AvgIpc) is 3.55. The number of carbonyl (C=O) groups excluding carboxylic acids is 2. The summed E-state index contributed by atoms with van der Waals surface area (Å²) >= 11 is 0. The highest BCUT2D eigenvalue weighted by atomic mass is 16.6. The number of oxime groups is 1. The normalized spacial score (nSPS) is 35.8. The van der Waals surface area contributed by atoms with Crippen molar-refractivity contribution in [1.29, 1.82) is 0 Å². The highest BCUT2D eigenvalue weighted by Gasteiger charge is 2.69. The molecule has 0 N–H and O–H groups in total. The third kappa shape index (κ3) is 3.04. The summed E-state index contributed by atoms with van der Waals surface area (Å²) in [5.41, 5.74) is 0.999. The number of piperazine rings is 1. The molecule has 6 rings (SSSR count). The SMILES string of the molecule is CC1=NOC2C3CC(C12)C1C(=O)N(CCCCN2CCN(c4cnccn4)CC2)C(=O)C31. The van der Waals surface area contributed by atoms with E-state index < -0.39 is 0 Å². The van der Waals surface area contributed by atoms with E-state index in [0.717, 1.165) is 63.5 Å². The Morgan fingerprint density at radius 3 is 2.47 bits per heavy atom. The van der Waals surface area contributed by atoms with Crippen LogP contribution < -0.4 is 4.90 Å². The molecule has 2 saturated heterocycles. The quantitative estimate of drug-likeness (QED) is 0.484. The summed E-state index contributed by atoms with van der Waals surface area (Å²) in [6, 6.07) is 0. The number of anilines is 1. The van der Waals surface area contributed by atoms with Crippen molar-refractivity contribution >= 4 is 23.3 Å². The Hall–Kier alpha value is -2.55. The Bertz CT molecular complexity index is 931. The van der Waals surface area contributed by atoms with Crippen LogP contribution >= 0.6 is 0 Å². The number of unbranched alkanes of at least 4 members (excludes halogenated alkanes) is 1. The second-order valence-electron chi connectivity index (χ2n) is 9.87. The second-order valence-corrected chi connectivity index (χ2v) is 9.87. The zero-order valence-corrected chi connectivity index (χ0v) is 18.5. The molecule has 2 saturated carbocycles. The van der Waals surface area contributed by atoms with Crippen LogP contribution in [0.25, 0.3) is 0 Å². The smallest absolute Gasteiger partial charge is 0.233 e. The van der Waals surface area contributed by atoms with Crippen LogP contribution in [0.1, 0.15) is 26.2 Å². The van der Waals surface area contributed by atoms with Gasteiger partial charge in [-0.1, -0.05) is 5.16 Å². The van der Waals surface area contributed by atoms with Crippen molar-refractivity contribution in [2.24, 2.45) is 34.7 Å². The van der Waals surface area contributed by atoms with E-state index >= 15 is 0 Å². The first-order chi connectivity index (χ1) is 15.6. The van der Waals surface area contributed by atoms with Gasteiger partial charge < -0.3 is 9.74 Å². The lowest BCUT2D eigenvalue weighted by molar-refractivity contribution is -0.141. The molecule has 3 aliphatic heterocycles. The summed E-state index contributed by atoms with van der Waals surface area (Å²) in [6.45, 7) is 7.42. The van der Waals surface area contributed by atoms with Crippen molar-refractivity contribution < 1.29 is 14.4 Å². The summed E-state index contributed by atoms with van der Waals surface area (Å²) in [5, 5.41) is 4.15. The molecule has 9 heteroatoms. The molecular weight excluding hydrogens is 408 g/mol. The van der Waals surface area contributed by atoms with Gasteiger partial charge in [0.05, 0.1) is 23.7 Å². The predicted molar refractivity (Wildman–Crippen MR) is 117 cm³/mol. The standard InChI is InChI=1S/C23H30N6O3/c1-14-18-15-12-16(21(18)32-26-14)20-19(15)22(30)29(23(20)31)7-3-2-6-27-8-10-28(11-9-27)17-13-24-4-5-25-17/h4-5,13,15-16,18-21H,2-3,6-12H2,1H3. The maximum atomic E-state index is 13.1. The molecule has 9 nitrogen and oxygen atoms in total. The molecule has 2 aliphatic carbocycles. The fourth-order valence-electron chi connectivity index (χ4n) is 6.88. The van der Waals surface area contributed by atoms with Crippen molar-refractivity contribution in [3.05, 3.63) is 18.6 Å². The van der Waals surface area contributed by atoms with E-state index in [-0.39, 0.29) is 47.5 Å². The van der Waals surface area contributed by atoms with Gasteiger partial charge in [-0.2, -0.15) is 0 Å². The van der Waals surface area contributed by atoms with Gasteiger partial charge >= 0.3 is 0 Å². The summed E-state index contributed by atoms with van der Waals surface area (Å²) in [6.07, 6.45) is 8.04. The van der Waals surface area contributed by atoms with Gasteiger partial charge in [0.25, 0.3) is 0 Å². The molecule has 4 fully saturated rings. The van der Waals surface area contributed by atoms with E-state index in [2.05, 4.69) is 24.9 Å². The Morgan fingerprint density at radius 1 is 0.969 bits per heavy atom. The van der Waals surface area contributed by atoms with E-state index in [9.17, 15) is 9.59 Å². The minimum atomic E-state index is -0.177. The fourth-order valence-corrected chi connectivity index (χ4v) is 6.88. The lowest BCUT2D eigenvalue weighted by atomic mass is 9.72. The van der Waals surface area contributed by atoms with Crippen LogP contribution in [-0.4, -0.2) is 82.7 Å². The molecule has 2 bridgehead atoms. The minimum absolute atomic E-state index is 0.0125. The molecule has 4 heterocycles. The highest BCUT2D eigenvalue weighted by molar-refractivity contribution is 6.06. The van der Waals surface area contributed by atoms with Crippen molar-refractivity contribution in [2.45, 2.75) is 32.3 Å². The molecule has 32 heavy (non-hydrogen) atoms. The van der Waals surface area contributed by atoms with E-state index in [0.29, 0.717) is 6.54 Å². The van der Waals surface area contributed by atoms with Crippen LogP contribution in [0, 0.1) is 29.6 Å². The van der Waals surface area contributed by atoms with Crippen molar-refractivity contribution in [2.75, 3.05) is 44.2 Å². The summed E-state index contributed by atoms with van der Waals surface area (Å²) in [7, 11) is 0. The second kappa shape index (κ2) is 7.79. The maximum Gasteiger partial charge on any atom is 0.233 e. The molecule has 1 aromatic heterocycles. The maximum absolute atomic E-state index is 13.1. The van der Waals surface area contributed by atoms with Crippen molar-refractivity contribution in [3.8, 4) is 0 Å². The van der Waals surface area contributed by atoms with Gasteiger partial charge in [-0.15, -0.1) is 0 Å². The molecule has 170 valence electrons. The number of fused-ring (bicyclic) bond motifs is 8. The van der Waals surface area contributed by atoms with E-state index in [4.69, 9.17) is 4.84 Å². The number of aromatic nitrogens is 2. The average molecular weight is 439 g/mol. The van der Waals surface area contributed by atoms with Crippen LogP contribution in [0.4, 0.5) is 5.82 Å². The topological polar surface area (TPSA) is 91.2 Å². The zero-order chi connectivity index (χ0) is 21.8. The molecule has 0 radical (unpaired) electrons. The van der Waals surface area contributed by atoms with Gasteiger partial charge in [-0.25, -0.2) is 4.98 Å². The van der Waals surface area contributed by atoms with Gasteiger partial charge in [-0.05, 0) is 38.6 Å². The summed E-state index contributed by atoms with van der Waals surface area (Å²) < 4.78 is 0.